The van der Waals surface area contributed by atoms with Crippen LogP contribution in [0.4, 0.5) is 11.4 Å². The number of nitrogen functional groups attached to an aromatic ring is 1. The van der Waals surface area contributed by atoms with Crippen LogP contribution in [0, 0.1) is 21.4 Å². The largest absolute Gasteiger partial charge is 0.440 e. The normalized spacial score (nSPS) is 16.2. The Kier molecular flexibility index (Phi) is 3.35. The number of anilines is 1. The highest BCUT2D eigenvalue weighted by atomic mass is 16.6. The van der Waals surface area contributed by atoms with Gasteiger partial charge in [-0.2, -0.15) is 5.26 Å². The van der Waals surface area contributed by atoms with E-state index in [2.05, 4.69) is 6.07 Å². The molecule has 0 spiro atoms. The van der Waals surface area contributed by atoms with Gasteiger partial charge >= 0.3 is 0 Å². The minimum Gasteiger partial charge on any atom is -0.440 e. The number of hydrogen-bond acceptors (Lipinski definition) is 6. The number of allylic oxidation sites excluding steroid dienone is 1. The van der Waals surface area contributed by atoms with Gasteiger partial charge < -0.3 is 16.2 Å². The number of hydrogen-bond donors (Lipinski definition) is 2. The monoisotopic (exact) mass is 308 g/mol. The number of ether oxygens (including phenoxy) is 1. The smallest absolute Gasteiger partial charge is 0.273 e. The Bertz CT molecular complexity index is 883. The Labute approximate surface area is 131 Å². The number of nitro groups is 1. The molecule has 2 aromatic carbocycles. The molecule has 0 aliphatic carbocycles. The molecule has 0 unspecified atom stereocenters. The molecule has 1 atom stereocenters. The first-order valence-electron chi connectivity index (χ1n) is 6.72. The van der Waals surface area contributed by atoms with Gasteiger partial charge in [-0.3, -0.25) is 10.1 Å². The van der Waals surface area contributed by atoms with Crippen molar-refractivity contribution >= 4 is 11.4 Å². The van der Waals surface area contributed by atoms with Crippen molar-refractivity contribution in [3.63, 3.8) is 0 Å². The molecule has 4 N–H and O–H groups in total. The summed E-state index contributed by atoms with van der Waals surface area (Å²) in [6.07, 6.45) is 0. The second-order valence-corrected chi connectivity index (χ2v) is 5.07. The Morgan fingerprint density at radius 2 is 2.00 bits per heavy atom. The quantitative estimate of drug-likeness (QED) is 0.498. The molecule has 0 saturated carbocycles. The zero-order valence-corrected chi connectivity index (χ0v) is 11.9. The fraction of sp³-hybridized carbons (Fsp3) is 0.0625. The number of benzene rings is 2. The van der Waals surface area contributed by atoms with Crippen molar-refractivity contribution in [2.24, 2.45) is 5.73 Å². The van der Waals surface area contributed by atoms with E-state index in [-0.39, 0.29) is 22.9 Å². The van der Waals surface area contributed by atoms with Gasteiger partial charge in [0.1, 0.15) is 17.4 Å². The van der Waals surface area contributed by atoms with Gasteiger partial charge in [0, 0.05) is 17.3 Å². The van der Waals surface area contributed by atoms with Crippen molar-refractivity contribution in [3.05, 3.63) is 75.2 Å². The first-order chi connectivity index (χ1) is 11.0. The minimum absolute atomic E-state index is 0.0621. The Balaban J connectivity index is 2.22. The van der Waals surface area contributed by atoms with Gasteiger partial charge in [-0.1, -0.05) is 12.1 Å². The Hall–Kier alpha value is -3.53. The molecule has 1 aliphatic heterocycles. The van der Waals surface area contributed by atoms with Crippen molar-refractivity contribution < 1.29 is 9.66 Å². The molecule has 2 aromatic rings. The predicted octanol–water partition coefficient (Wildman–Crippen LogP) is 2.40. The average Bonchev–Trinajstić information content (AvgIpc) is 2.52. The Morgan fingerprint density at radius 3 is 2.65 bits per heavy atom. The standard InChI is InChI=1S/C16H12N4O3/c17-8-13-15(9-2-1-3-10(18)6-9)12-5-4-11(20(21)22)7-14(12)23-16(13)19/h1-7,15H,18-19H2/t15-/m1/s1. The van der Waals surface area contributed by atoms with Gasteiger partial charge in [-0.15, -0.1) is 0 Å². The van der Waals surface area contributed by atoms with Gasteiger partial charge in [-0.25, -0.2) is 0 Å². The summed E-state index contributed by atoms with van der Waals surface area (Å²) in [6.45, 7) is 0. The lowest BCUT2D eigenvalue weighted by Crippen LogP contribution is -2.21. The molecule has 0 aromatic heterocycles. The van der Waals surface area contributed by atoms with Gasteiger partial charge in [0.05, 0.1) is 16.9 Å². The summed E-state index contributed by atoms with van der Waals surface area (Å²) in [7, 11) is 0. The lowest BCUT2D eigenvalue weighted by molar-refractivity contribution is -0.384. The van der Waals surface area contributed by atoms with Crippen molar-refractivity contribution in [2.75, 3.05) is 5.73 Å². The molecular weight excluding hydrogens is 296 g/mol. The maximum atomic E-state index is 10.9. The third-order valence-corrected chi connectivity index (χ3v) is 3.66. The molecule has 0 radical (unpaired) electrons. The summed E-state index contributed by atoms with van der Waals surface area (Å²) in [5.74, 6) is -0.274. The number of nitrogens with zero attached hydrogens (tertiary/aromatic N) is 2. The molecule has 7 nitrogen and oxygen atoms in total. The maximum Gasteiger partial charge on any atom is 0.273 e. The van der Waals surface area contributed by atoms with Crippen LogP contribution in [0.3, 0.4) is 0 Å². The first-order valence-corrected chi connectivity index (χ1v) is 6.72. The van der Waals surface area contributed by atoms with Crippen LogP contribution >= 0.6 is 0 Å². The molecule has 7 heteroatoms. The predicted molar refractivity (Wildman–Crippen MR) is 83.2 cm³/mol. The van der Waals surface area contributed by atoms with Crippen molar-refractivity contribution in [1.82, 2.24) is 0 Å². The number of fused-ring (bicyclic) bond motifs is 1. The number of nitro benzene ring substituents is 1. The van der Waals surface area contributed by atoms with E-state index in [1.54, 1.807) is 24.3 Å². The topological polar surface area (TPSA) is 128 Å². The molecule has 1 heterocycles. The second-order valence-electron chi connectivity index (χ2n) is 5.07. The zero-order chi connectivity index (χ0) is 16.6. The van der Waals surface area contributed by atoms with Gasteiger partial charge in [0.15, 0.2) is 0 Å². The van der Waals surface area contributed by atoms with Crippen molar-refractivity contribution in [1.29, 1.82) is 5.26 Å². The Morgan fingerprint density at radius 1 is 1.22 bits per heavy atom. The maximum absolute atomic E-state index is 10.9. The second kappa shape index (κ2) is 5.35. The van der Waals surface area contributed by atoms with Crippen molar-refractivity contribution in [3.8, 4) is 11.8 Å². The lowest BCUT2D eigenvalue weighted by atomic mass is 9.83. The highest BCUT2D eigenvalue weighted by Crippen LogP contribution is 2.43. The van der Waals surface area contributed by atoms with E-state index in [1.165, 1.54) is 12.1 Å². The third-order valence-electron chi connectivity index (χ3n) is 3.66. The summed E-state index contributed by atoms with van der Waals surface area (Å²) in [6, 6.07) is 13.4. The molecule has 0 saturated heterocycles. The van der Waals surface area contributed by atoms with Gasteiger partial charge in [-0.05, 0) is 23.8 Å². The van der Waals surface area contributed by atoms with Gasteiger partial charge in [0.25, 0.3) is 5.69 Å². The van der Waals surface area contributed by atoms with E-state index in [0.717, 1.165) is 5.56 Å². The van der Waals surface area contributed by atoms with Crippen LogP contribution in [0.25, 0.3) is 0 Å². The minimum atomic E-state index is -0.515. The molecule has 3 rings (SSSR count). The summed E-state index contributed by atoms with van der Waals surface area (Å²) >= 11 is 0. The first kappa shape index (κ1) is 14.4. The van der Waals surface area contributed by atoms with E-state index in [0.29, 0.717) is 11.3 Å². The number of nitriles is 1. The SMILES string of the molecule is N#CC1=C(N)Oc2cc([N+](=O)[O-])ccc2[C@H]1c1cccc(N)c1. The summed E-state index contributed by atoms with van der Waals surface area (Å²) in [5, 5.41) is 20.3. The van der Waals surface area contributed by atoms with Crippen LogP contribution in [-0.4, -0.2) is 4.92 Å². The fourth-order valence-corrected chi connectivity index (χ4v) is 2.64. The zero-order valence-electron chi connectivity index (χ0n) is 11.9. The van der Waals surface area contributed by atoms with Crippen LogP contribution in [0.15, 0.2) is 53.9 Å². The highest BCUT2D eigenvalue weighted by Gasteiger charge is 2.31. The van der Waals surface area contributed by atoms with Crippen LogP contribution < -0.4 is 16.2 Å². The number of non-ortho nitro benzene ring substituents is 1. The fourth-order valence-electron chi connectivity index (χ4n) is 2.64. The summed E-state index contributed by atoms with van der Waals surface area (Å²) in [4.78, 5) is 10.4. The molecule has 0 fully saturated rings. The van der Waals surface area contributed by atoms with Crippen LogP contribution in [0.2, 0.25) is 0 Å². The van der Waals surface area contributed by atoms with E-state index in [4.69, 9.17) is 16.2 Å². The molecular formula is C16H12N4O3. The summed E-state index contributed by atoms with van der Waals surface area (Å²) in [5.41, 5.74) is 13.7. The molecule has 23 heavy (non-hydrogen) atoms. The van der Waals surface area contributed by atoms with Crippen LogP contribution in [0.1, 0.15) is 17.0 Å². The molecule has 0 amide bonds. The van der Waals surface area contributed by atoms with Crippen LogP contribution in [0.5, 0.6) is 5.75 Å². The van der Waals surface area contributed by atoms with E-state index >= 15 is 0 Å². The van der Waals surface area contributed by atoms with Crippen molar-refractivity contribution in [2.45, 2.75) is 5.92 Å². The molecule has 1 aliphatic rings. The molecule has 0 bridgehead atoms. The number of nitrogens with two attached hydrogens (primary N) is 2. The third kappa shape index (κ3) is 2.42. The lowest BCUT2D eigenvalue weighted by Gasteiger charge is -2.26. The van der Waals surface area contributed by atoms with E-state index < -0.39 is 10.8 Å². The van der Waals surface area contributed by atoms with Gasteiger partial charge in [0.2, 0.25) is 5.88 Å². The van der Waals surface area contributed by atoms with Crippen LogP contribution in [-0.2, 0) is 0 Å². The highest BCUT2D eigenvalue weighted by molar-refractivity contribution is 5.59. The number of rotatable bonds is 2. The molecule has 114 valence electrons. The summed E-state index contributed by atoms with van der Waals surface area (Å²) < 4.78 is 5.41. The average molecular weight is 308 g/mol. The van der Waals surface area contributed by atoms with E-state index in [9.17, 15) is 15.4 Å². The van der Waals surface area contributed by atoms with E-state index in [1.807, 2.05) is 6.07 Å².